The molecule has 18 heavy (non-hydrogen) atoms. The Labute approximate surface area is 112 Å². The minimum Gasteiger partial charge on any atom is -0.299 e. The molecule has 0 aliphatic carbocycles. The second kappa shape index (κ2) is 7.35. The molecule has 1 unspecified atom stereocenters. The molecule has 1 aromatic carbocycles. The lowest BCUT2D eigenvalue weighted by molar-refractivity contribution is -0.122. The maximum absolute atomic E-state index is 12.3. The largest absolute Gasteiger partial charge is 0.299 e. The standard InChI is InChI=1S/C17H26O/c1-5-7-8-15(6-2)17(18)12-16-11-13(3)9-10-14(16)4/h9-11,15H,5-8,12H2,1-4H3. The minimum atomic E-state index is 0.255. The normalized spacial score (nSPS) is 12.4. The van der Waals surface area contributed by atoms with E-state index >= 15 is 0 Å². The molecular weight excluding hydrogens is 220 g/mol. The summed E-state index contributed by atoms with van der Waals surface area (Å²) < 4.78 is 0. The molecule has 0 aliphatic heterocycles. The van der Waals surface area contributed by atoms with Gasteiger partial charge in [-0.05, 0) is 37.8 Å². The van der Waals surface area contributed by atoms with Crippen LogP contribution in [0.1, 0.15) is 56.2 Å². The Hall–Kier alpha value is -1.11. The maximum Gasteiger partial charge on any atom is 0.140 e. The van der Waals surface area contributed by atoms with Crippen molar-refractivity contribution in [1.82, 2.24) is 0 Å². The van der Waals surface area contributed by atoms with E-state index in [1.54, 1.807) is 0 Å². The first-order valence-corrected chi connectivity index (χ1v) is 7.17. The molecule has 0 fully saturated rings. The minimum absolute atomic E-state index is 0.255. The number of hydrogen-bond donors (Lipinski definition) is 0. The van der Waals surface area contributed by atoms with Crippen molar-refractivity contribution in [1.29, 1.82) is 0 Å². The Kier molecular flexibility index (Phi) is 6.11. The molecule has 100 valence electrons. The molecule has 0 N–H and O–H groups in total. The summed E-state index contributed by atoms with van der Waals surface area (Å²) in [4.78, 5) is 12.3. The molecular formula is C17H26O. The molecule has 0 amide bonds. The monoisotopic (exact) mass is 246 g/mol. The molecule has 0 heterocycles. The molecule has 0 aliphatic rings. The van der Waals surface area contributed by atoms with Gasteiger partial charge in [0, 0.05) is 12.3 Å². The maximum atomic E-state index is 12.3. The third kappa shape index (κ3) is 4.29. The topological polar surface area (TPSA) is 17.1 Å². The van der Waals surface area contributed by atoms with Gasteiger partial charge in [-0.1, -0.05) is 50.5 Å². The summed E-state index contributed by atoms with van der Waals surface area (Å²) in [7, 11) is 0. The van der Waals surface area contributed by atoms with Crippen LogP contribution in [-0.2, 0) is 11.2 Å². The molecule has 1 atom stereocenters. The van der Waals surface area contributed by atoms with Gasteiger partial charge in [0.25, 0.3) is 0 Å². The summed E-state index contributed by atoms with van der Waals surface area (Å²) in [5.74, 6) is 0.671. The molecule has 1 aromatic rings. The van der Waals surface area contributed by atoms with E-state index in [1.807, 2.05) is 0 Å². The van der Waals surface area contributed by atoms with Crippen LogP contribution in [0.3, 0.4) is 0 Å². The van der Waals surface area contributed by atoms with E-state index in [2.05, 4.69) is 45.9 Å². The molecule has 0 aromatic heterocycles. The van der Waals surface area contributed by atoms with Gasteiger partial charge in [-0.15, -0.1) is 0 Å². The SMILES string of the molecule is CCCCC(CC)C(=O)Cc1cc(C)ccc1C. The van der Waals surface area contributed by atoms with Gasteiger partial charge in [-0.2, -0.15) is 0 Å². The third-order valence-electron chi connectivity index (χ3n) is 3.72. The van der Waals surface area contributed by atoms with E-state index in [0.717, 1.165) is 19.3 Å². The Bertz CT molecular complexity index is 393. The van der Waals surface area contributed by atoms with Crippen molar-refractivity contribution in [2.45, 2.75) is 59.8 Å². The Balaban J connectivity index is 2.70. The average molecular weight is 246 g/mol. The van der Waals surface area contributed by atoms with Gasteiger partial charge < -0.3 is 0 Å². The zero-order valence-corrected chi connectivity index (χ0v) is 12.3. The van der Waals surface area contributed by atoms with Gasteiger partial charge in [-0.25, -0.2) is 0 Å². The average Bonchev–Trinajstić information content (AvgIpc) is 2.35. The number of ketones is 1. The zero-order chi connectivity index (χ0) is 13.5. The molecule has 0 radical (unpaired) electrons. The van der Waals surface area contributed by atoms with Crippen LogP contribution in [0.5, 0.6) is 0 Å². The summed E-state index contributed by atoms with van der Waals surface area (Å²) in [6, 6.07) is 6.38. The van der Waals surface area contributed by atoms with Gasteiger partial charge in [0.1, 0.15) is 5.78 Å². The quantitative estimate of drug-likeness (QED) is 0.685. The number of carbonyl (C=O) groups excluding carboxylic acids is 1. The number of Topliss-reactive ketones (excluding diaryl/α,β-unsaturated/α-hetero) is 1. The fourth-order valence-electron chi connectivity index (χ4n) is 2.37. The van der Waals surface area contributed by atoms with E-state index in [0.29, 0.717) is 12.2 Å². The van der Waals surface area contributed by atoms with E-state index in [1.165, 1.54) is 23.1 Å². The molecule has 0 saturated carbocycles. The van der Waals surface area contributed by atoms with E-state index in [-0.39, 0.29) is 5.92 Å². The predicted octanol–water partition coefficient (Wildman–Crippen LogP) is 4.63. The number of aryl methyl sites for hydroxylation is 2. The predicted molar refractivity (Wildman–Crippen MR) is 77.9 cm³/mol. The van der Waals surface area contributed by atoms with Crippen LogP contribution in [0.2, 0.25) is 0 Å². The van der Waals surface area contributed by atoms with E-state index in [4.69, 9.17) is 0 Å². The van der Waals surface area contributed by atoms with Crippen molar-refractivity contribution in [2.24, 2.45) is 5.92 Å². The van der Waals surface area contributed by atoms with Crippen LogP contribution in [0.25, 0.3) is 0 Å². The lowest BCUT2D eigenvalue weighted by Crippen LogP contribution is -2.16. The van der Waals surface area contributed by atoms with Crippen molar-refractivity contribution < 1.29 is 4.79 Å². The molecule has 0 bridgehead atoms. The lowest BCUT2D eigenvalue weighted by Gasteiger charge is -2.14. The first kappa shape index (κ1) is 14.9. The van der Waals surface area contributed by atoms with Crippen molar-refractivity contribution in [3.8, 4) is 0 Å². The zero-order valence-electron chi connectivity index (χ0n) is 12.3. The van der Waals surface area contributed by atoms with E-state index < -0.39 is 0 Å². The molecule has 1 nitrogen and oxygen atoms in total. The smallest absolute Gasteiger partial charge is 0.140 e. The van der Waals surface area contributed by atoms with E-state index in [9.17, 15) is 4.79 Å². The van der Waals surface area contributed by atoms with Crippen molar-refractivity contribution >= 4 is 5.78 Å². The van der Waals surface area contributed by atoms with Crippen LogP contribution in [-0.4, -0.2) is 5.78 Å². The van der Waals surface area contributed by atoms with Crippen LogP contribution in [0.15, 0.2) is 18.2 Å². The van der Waals surface area contributed by atoms with Crippen molar-refractivity contribution in [3.63, 3.8) is 0 Å². The summed E-state index contributed by atoms with van der Waals surface area (Å²) in [6.45, 7) is 8.49. The fourth-order valence-corrected chi connectivity index (χ4v) is 2.37. The Morgan fingerprint density at radius 2 is 1.94 bits per heavy atom. The molecule has 1 heteroatoms. The van der Waals surface area contributed by atoms with Gasteiger partial charge in [0.15, 0.2) is 0 Å². The first-order valence-electron chi connectivity index (χ1n) is 7.17. The highest BCUT2D eigenvalue weighted by molar-refractivity contribution is 5.83. The number of unbranched alkanes of at least 4 members (excludes halogenated alkanes) is 1. The van der Waals surface area contributed by atoms with Crippen LogP contribution in [0, 0.1) is 19.8 Å². The highest BCUT2D eigenvalue weighted by Gasteiger charge is 2.16. The van der Waals surface area contributed by atoms with Crippen LogP contribution >= 0.6 is 0 Å². The summed E-state index contributed by atoms with van der Waals surface area (Å²) in [5, 5.41) is 0. The Morgan fingerprint density at radius 1 is 1.22 bits per heavy atom. The first-order chi connectivity index (χ1) is 8.58. The van der Waals surface area contributed by atoms with Gasteiger partial charge in [-0.3, -0.25) is 4.79 Å². The van der Waals surface area contributed by atoms with Crippen molar-refractivity contribution in [3.05, 3.63) is 34.9 Å². The van der Waals surface area contributed by atoms with Crippen molar-refractivity contribution in [2.75, 3.05) is 0 Å². The second-order valence-electron chi connectivity index (χ2n) is 5.32. The van der Waals surface area contributed by atoms with Gasteiger partial charge in [0.2, 0.25) is 0 Å². The molecule has 0 saturated heterocycles. The van der Waals surface area contributed by atoms with Crippen LogP contribution < -0.4 is 0 Å². The highest BCUT2D eigenvalue weighted by atomic mass is 16.1. The second-order valence-corrected chi connectivity index (χ2v) is 5.32. The van der Waals surface area contributed by atoms with Gasteiger partial charge >= 0.3 is 0 Å². The molecule has 0 spiro atoms. The number of carbonyl (C=O) groups is 1. The summed E-state index contributed by atoms with van der Waals surface area (Å²) in [5.41, 5.74) is 3.68. The Morgan fingerprint density at radius 3 is 2.56 bits per heavy atom. The summed E-state index contributed by atoms with van der Waals surface area (Å²) in [6.07, 6.45) is 4.97. The lowest BCUT2D eigenvalue weighted by atomic mass is 9.89. The highest BCUT2D eigenvalue weighted by Crippen LogP contribution is 2.18. The number of benzene rings is 1. The molecule has 1 rings (SSSR count). The van der Waals surface area contributed by atoms with Crippen LogP contribution in [0.4, 0.5) is 0 Å². The van der Waals surface area contributed by atoms with Gasteiger partial charge in [0.05, 0.1) is 0 Å². The number of rotatable bonds is 7. The number of hydrogen-bond acceptors (Lipinski definition) is 1. The fraction of sp³-hybridized carbons (Fsp3) is 0.588. The summed E-state index contributed by atoms with van der Waals surface area (Å²) >= 11 is 0. The third-order valence-corrected chi connectivity index (χ3v) is 3.72.